The number of carbonyl (C=O) groups is 1. The molecular weight excluding hydrogens is 395 g/mol. The molecule has 31 heavy (non-hydrogen) atoms. The van der Waals surface area contributed by atoms with Crippen molar-refractivity contribution in [2.24, 2.45) is 7.05 Å². The quantitative estimate of drug-likeness (QED) is 0.408. The summed E-state index contributed by atoms with van der Waals surface area (Å²) in [6.45, 7) is 0. The van der Waals surface area contributed by atoms with E-state index in [1.807, 2.05) is 41.9 Å². The molecule has 3 heterocycles. The first kappa shape index (κ1) is 18.7. The van der Waals surface area contributed by atoms with Crippen LogP contribution in [0.3, 0.4) is 0 Å². The third-order valence-corrected chi connectivity index (χ3v) is 5.18. The minimum atomic E-state index is -0.398. The summed E-state index contributed by atoms with van der Waals surface area (Å²) in [5.74, 6) is 0.571. The number of halogens is 1. The maximum absolute atomic E-state index is 14.6. The number of H-pyrrole nitrogens is 1. The van der Waals surface area contributed by atoms with Crippen molar-refractivity contribution >= 4 is 28.7 Å². The number of anilines is 2. The number of carbonyl (C=O) groups excluding carboxylic acids is 1. The van der Waals surface area contributed by atoms with Crippen molar-refractivity contribution in [2.75, 3.05) is 5.32 Å². The van der Waals surface area contributed by atoms with Crippen LogP contribution in [0.2, 0.25) is 0 Å². The second kappa shape index (κ2) is 7.49. The van der Waals surface area contributed by atoms with E-state index in [9.17, 15) is 9.18 Å². The number of aromatic amines is 1. The van der Waals surface area contributed by atoms with E-state index in [0.717, 1.165) is 33.9 Å². The molecule has 0 atom stereocenters. The number of aryl methyl sites for hydroxylation is 1. The standard InChI is InChI=1S/C23H17FN6O/c1-30-18(13-31)8-15-2-3-16(10-21(15)30)23-25-7-6-22(29-23)28-20-5-4-14(9-19(20)24)17-11-26-27-12-17/h2-13H,1H3,(H,26,27)(H,25,28,29). The minimum absolute atomic E-state index is 0.311. The van der Waals surface area contributed by atoms with Gasteiger partial charge in [-0.05, 0) is 35.9 Å². The van der Waals surface area contributed by atoms with Crippen molar-refractivity contribution < 1.29 is 9.18 Å². The summed E-state index contributed by atoms with van der Waals surface area (Å²) in [4.78, 5) is 20.1. The lowest BCUT2D eigenvalue weighted by atomic mass is 10.1. The monoisotopic (exact) mass is 412 g/mol. The predicted octanol–water partition coefficient (Wildman–Crippen LogP) is 4.72. The SMILES string of the molecule is Cn1c(C=O)cc2ccc(-c3nccc(Nc4ccc(-c5cn[nH]c5)cc4F)n3)cc21. The van der Waals surface area contributed by atoms with Gasteiger partial charge < -0.3 is 9.88 Å². The molecule has 0 unspecified atom stereocenters. The summed E-state index contributed by atoms with van der Waals surface area (Å²) in [5, 5.41) is 10.6. The van der Waals surface area contributed by atoms with E-state index in [2.05, 4.69) is 25.5 Å². The number of fused-ring (bicyclic) bond motifs is 1. The molecule has 7 nitrogen and oxygen atoms in total. The third-order valence-electron chi connectivity index (χ3n) is 5.18. The van der Waals surface area contributed by atoms with Gasteiger partial charge in [0.25, 0.3) is 0 Å². The van der Waals surface area contributed by atoms with E-state index < -0.39 is 5.82 Å². The minimum Gasteiger partial charge on any atom is -0.341 e. The molecule has 2 aromatic carbocycles. The maximum Gasteiger partial charge on any atom is 0.166 e. The summed E-state index contributed by atoms with van der Waals surface area (Å²) in [5.41, 5.74) is 4.14. The Labute approximate surface area is 176 Å². The fourth-order valence-electron chi connectivity index (χ4n) is 3.51. The number of rotatable bonds is 5. The average Bonchev–Trinajstić information content (AvgIpc) is 3.43. The van der Waals surface area contributed by atoms with Crippen LogP contribution in [-0.4, -0.2) is 31.0 Å². The highest BCUT2D eigenvalue weighted by Gasteiger charge is 2.11. The summed E-state index contributed by atoms with van der Waals surface area (Å²) in [7, 11) is 1.84. The van der Waals surface area contributed by atoms with Gasteiger partial charge in [0, 0.05) is 41.5 Å². The summed E-state index contributed by atoms with van der Waals surface area (Å²) < 4.78 is 16.5. The van der Waals surface area contributed by atoms with E-state index in [1.165, 1.54) is 6.07 Å². The number of aldehydes is 1. The first-order chi connectivity index (χ1) is 15.1. The Kier molecular flexibility index (Phi) is 4.51. The van der Waals surface area contributed by atoms with Gasteiger partial charge in [0.2, 0.25) is 0 Å². The van der Waals surface area contributed by atoms with Crippen LogP contribution in [0, 0.1) is 5.82 Å². The highest BCUT2D eigenvalue weighted by Crippen LogP contribution is 2.27. The molecule has 5 aromatic rings. The first-order valence-electron chi connectivity index (χ1n) is 9.56. The van der Waals surface area contributed by atoms with Crippen molar-refractivity contribution in [3.63, 3.8) is 0 Å². The molecule has 0 bridgehead atoms. The van der Waals surface area contributed by atoms with Gasteiger partial charge >= 0.3 is 0 Å². The van der Waals surface area contributed by atoms with Crippen LogP contribution in [0.5, 0.6) is 0 Å². The highest BCUT2D eigenvalue weighted by atomic mass is 19.1. The topological polar surface area (TPSA) is 88.5 Å². The average molecular weight is 412 g/mol. The molecular formula is C23H17FN6O. The zero-order valence-electron chi connectivity index (χ0n) is 16.5. The lowest BCUT2D eigenvalue weighted by Gasteiger charge is -2.09. The first-order valence-corrected chi connectivity index (χ1v) is 9.56. The Morgan fingerprint density at radius 3 is 2.71 bits per heavy atom. The molecule has 0 aliphatic carbocycles. The zero-order chi connectivity index (χ0) is 21.4. The molecule has 0 saturated carbocycles. The van der Waals surface area contributed by atoms with Crippen LogP contribution < -0.4 is 5.32 Å². The van der Waals surface area contributed by atoms with E-state index in [1.54, 1.807) is 30.7 Å². The Morgan fingerprint density at radius 2 is 1.94 bits per heavy atom. The second-order valence-electron chi connectivity index (χ2n) is 7.09. The van der Waals surface area contributed by atoms with Crippen molar-refractivity contribution in [3.8, 4) is 22.5 Å². The molecule has 3 aromatic heterocycles. The Hall–Kier alpha value is -4.33. The Bertz CT molecular complexity index is 1410. The van der Waals surface area contributed by atoms with Gasteiger partial charge in [0.05, 0.1) is 17.6 Å². The smallest absolute Gasteiger partial charge is 0.166 e. The Morgan fingerprint density at radius 1 is 1.06 bits per heavy atom. The van der Waals surface area contributed by atoms with Gasteiger partial charge in [0.1, 0.15) is 11.6 Å². The van der Waals surface area contributed by atoms with E-state index in [0.29, 0.717) is 23.0 Å². The molecule has 0 aliphatic heterocycles. The molecule has 8 heteroatoms. The third kappa shape index (κ3) is 3.44. The van der Waals surface area contributed by atoms with Crippen molar-refractivity contribution in [1.29, 1.82) is 0 Å². The van der Waals surface area contributed by atoms with Crippen molar-refractivity contribution in [2.45, 2.75) is 0 Å². The van der Waals surface area contributed by atoms with Crippen LogP contribution in [0.1, 0.15) is 10.5 Å². The largest absolute Gasteiger partial charge is 0.341 e. The highest BCUT2D eigenvalue weighted by molar-refractivity contribution is 5.91. The van der Waals surface area contributed by atoms with Gasteiger partial charge in [-0.25, -0.2) is 14.4 Å². The summed E-state index contributed by atoms with van der Waals surface area (Å²) in [6, 6.07) is 14.2. The van der Waals surface area contributed by atoms with Crippen LogP contribution in [0.25, 0.3) is 33.4 Å². The number of nitrogens with zero attached hydrogens (tertiary/aromatic N) is 4. The second-order valence-corrected chi connectivity index (χ2v) is 7.09. The van der Waals surface area contributed by atoms with Crippen LogP contribution >= 0.6 is 0 Å². The number of nitrogens with one attached hydrogen (secondary N) is 2. The van der Waals surface area contributed by atoms with E-state index >= 15 is 0 Å². The molecule has 152 valence electrons. The maximum atomic E-state index is 14.6. The Balaban J connectivity index is 1.45. The fourth-order valence-corrected chi connectivity index (χ4v) is 3.51. The number of hydrogen-bond donors (Lipinski definition) is 2. The van der Waals surface area contributed by atoms with Gasteiger partial charge in [-0.15, -0.1) is 0 Å². The molecule has 0 spiro atoms. The van der Waals surface area contributed by atoms with Gasteiger partial charge in [-0.2, -0.15) is 5.10 Å². The molecule has 0 radical (unpaired) electrons. The molecule has 2 N–H and O–H groups in total. The predicted molar refractivity (Wildman–Crippen MR) is 117 cm³/mol. The summed E-state index contributed by atoms with van der Waals surface area (Å²) in [6.07, 6.45) is 5.79. The zero-order valence-corrected chi connectivity index (χ0v) is 16.5. The van der Waals surface area contributed by atoms with Crippen LogP contribution in [0.4, 0.5) is 15.9 Å². The lowest BCUT2D eigenvalue weighted by molar-refractivity contribution is 0.111. The number of benzene rings is 2. The van der Waals surface area contributed by atoms with Crippen LogP contribution in [0.15, 0.2) is 67.1 Å². The molecule has 0 aliphatic rings. The molecule has 0 fully saturated rings. The van der Waals surface area contributed by atoms with Gasteiger partial charge in [0.15, 0.2) is 12.1 Å². The number of hydrogen-bond acceptors (Lipinski definition) is 5. The normalized spacial score (nSPS) is 11.0. The summed E-state index contributed by atoms with van der Waals surface area (Å²) >= 11 is 0. The van der Waals surface area contributed by atoms with Crippen molar-refractivity contribution in [1.82, 2.24) is 24.7 Å². The fraction of sp³-hybridized carbons (Fsp3) is 0.0435. The molecule has 0 amide bonds. The van der Waals surface area contributed by atoms with Gasteiger partial charge in [-0.3, -0.25) is 9.89 Å². The van der Waals surface area contributed by atoms with Crippen molar-refractivity contribution in [3.05, 3.63) is 78.6 Å². The lowest BCUT2D eigenvalue weighted by Crippen LogP contribution is -1.99. The van der Waals surface area contributed by atoms with Crippen LogP contribution in [-0.2, 0) is 7.05 Å². The number of aromatic nitrogens is 5. The van der Waals surface area contributed by atoms with E-state index in [-0.39, 0.29) is 0 Å². The van der Waals surface area contributed by atoms with Gasteiger partial charge in [-0.1, -0.05) is 18.2 Å². The molecule has 5 rings (SSSR count). The molecule has 0 saturated heterocycles. The van der Waals surface area contributed by atoms with E-state index in [4.69, 9.17) is 0 Å².